The number of ether oxygens (including phenoxy) is 1. The van der Waals surface area contributed by atoms with Crippen LogP contribution >= 0.6 is 15.9 Å². The lowest BCUT2D eigenvalue weighted by atomic mass is 9.95. The predicted molar refractivity (Wildman–Crippen MR) is 62.8 cm³/mol. The van der Waals surface area contributed by atoms with Crippen LogP contribution < -0.4 is 10.5 Å². The maximum absolute atomic E-state index is 6.17. The van der Waals surface area contributed by atoms with Crippen LogP contribution in [0, 0.1) is 5.92 Å². The van der Waals surface area contributed by atoms with E-state index in [0.717, 1.165) is 28.1 Å². The van der Waals surface area contributed by atoms with Gasteiger partial charge in [-0.2, -0.15) is 0 Å². The summed E-state index contributed by atoms with van der Waals surface area (Å²) in [6.45, 7) is 0. The molecule has 0 radical (unpaired) electrons. The van der Waals surface area contributed by atoms with Crippen LogP contribution in [-0.4, -0.2) is 6.10 Å². The van der Waals surface area contributed by atoms with Crippen LogP contribution in [0.3, 0.4) is 0 Å². The molecule has 3 rings (SSSR count). The third-order valence-corrected chi connectivity index (χ3v) is 3.78. The highest BCUT2D eigenvalue weighted by Gasteiger charge is 2.37. The van der Waals surface area contributed by atoms with Gasteiger partial charge in [-0.05, 0) is 37.0 Å². The second kappa shape index (κ2) is 3.49. The Hall–Kier alpha value is -0.540. The molecule has 2 atom stereocenters. The zero-order valence-electron chi connectivity index (χ0n) is 8.45. The molecule has 1 heterocycles. The van der Waals surface area contributed by atoms with E-state index in [2.05, 4.69) is 22.0 Å². The Kier molecular flexibility index (Phi) is 2.25. The molecule has 0 aromatic heterocycles. The lowest BCUT2D eigenvalue weighted by Gasteiger charge is -2.30. The molecule has 0 spiro atoms. The predicted octanol–water partition coefficient (Wildman–Crippen LogP) is 3.01. The molecule has 15 heavy (non-hydrogen) atoms. The van der Waals surface area contributed by atoms with Crippen molar-refractivity contribution >= 4 is 15.9 Å². The van der Waals surface area contributed by atoms with E-state index in [9.17, 15) is 0 Å². The van der Waals surface area contributed by atoms with Crippen LogP contribution in [0.15, 0.2) is 22.7 Å². The molecule has 1 saturated carbocycles. The molecule has 3 heteroatoms. The van der Waals surface area contributed by atoms with Crippen molar-refractivity contribution in [1.29, 1.82) is 0 Å². The van der Waals surface area contributed by atoms with E-state index in [-0.39, 0.29) is 6.04 Å². The largest absolute Gasteiger partial charge is 0.490 e. The molecular weight excluding hydrogens is 254 g/mol. The molecule has 1 aromatic rings. The minimum absolute atomic E-state index is 0.136. The Morgan fingerprint density at radius 1 is 1.33 bits per heavy atom. The monoisotopic (exact) mass is 267 g/mol. The van der Waals surface area contributed by atoms with Crippen LogP contribution in [0.2, 0.25) is 0 Å². The molecular formula is C12H14BrNO. The molecule has 0 bridgehead atoms. The summed E-state index contributed by atoms with van der Waals surface area (Å²) in [6.07, 6.45) is 3.94. The van der Waals surface area contributed by atoms with Crippen LogP contribution in [0.5, 0.6) is 5.75 Å². The van der Waals surface area contributed by atoms with Crippen LogP contribution in [0.1, 0.15) is 30.9 Å². The number of benzene rings is 1. The fourth-order valence-corrected chi connectivity index (χ4v) is 2.64. The van der Waals surface area contributed by atoms with E-state index >= 15 is 0 Å². The average molecular weight is 268 g/mol. The summed E-state index contributed by atoms with van der Waals surface area (Å²) in [5.41, 5.74) is 7.31. The van der Waals surface area contributed by atoms with E-state index in [1.165, 1.54) is 12.8 Å². The van der Waals surface area contributed by atoms with Crippen molar-refractivity contribution in [3.63, 3.8) is 0 Å². The highest BCUT2D eigenvalue weighted by molar-refractivity contribution is 9.10. The minimum Gasteiger partial charge on any atom is -0.490 e. The van der Waals surface area contributed by atoms with Gasteiger partial charge >= 0.3 is 0 Å². The van der Waals surface area contributed by atoms with E-state index < -0.39 is 0 Å². The number of halogens is 1. The van der Waals surface area contributed by atoms with E-state index in [0.29, 0.717) is 6.10 Å². The van der Waals surface area contributed by atoms with Crippen molar-refractivity contribution in [3.05, 3.63) is 28.2 Å². The number of hydrogen-bond donors (Lipinski definition) is 1. The summed E-state index contributed by atoms with van der Waals surface area (Å²) in [5, 5.41) is 0. The smallest absolute Gasteiger partial charge is 0.124 e. The Morgan fingerprint density at radius 2 is 2.13 bits per heavy atom. The minimum atomic E-state index is 0.136. The standard InChI is InChI=1S/C12H14BrNO/c13-8-3-4-11-9(5-8)10(14)6-12(15-11)7-1-2-7/h3-5,7,10,12H,1-2,6,14H2/t10-,12?/m0/s1. The van der Waals surface area contributed by atoms with Crippen molar-refractivity contribution in [2.45, 2.75) is 31.4 Å². The fourth-order valence-electron chi connectivity index (χ4n) is 2.26. The normalized spacial score (nSPS) is 29.5. The van der Waals surface area contributed by atoms with Gasteiger partial charge in [0.15, 0.2) is 0 Å². The summed E-state index contributed by atoms with van der Waals surface area (Å²) in [5.74, 6) is 1.74. The quantitative estimate of drug-likeness (QED) is 0.849. The maximum atomic E-state index is 6.17. The van der Waals surface area contributed by atoms with Crippen LogP contribution in [-0.2, 0) is 0 Å². The molecule has 2 aliphatic rings. The first-order valence-electron chi connectivity index (χ1n) is 5.46. The molecule has 2 N–H and O–H groups in total. The van der Waals surface area contributed by atoms with Crippen molar-refractivity contribution in [2.24, 2.45) is 11.7 Å². The Balaban J connectivity index is 1.93. The third kappa shape index (κ3) is 1.79. The van der Waals surface area contributed by atoms with Gasteiger partial charge in [-0.25, -0.2) is 0 Å². The van der Waals surface area contributed by atoms with Gasteiger partial charge in [-0.3, -0.25) is 0 Å². The fraction of sp³-hybridized carbons (Fsp3) is 0.500. The lowest BCUT2D eigenvalue weighted by molar-refractivity contribution is 0.138. The van der Waals surface area contributed by atoms with Gasteiger partial charge in [0.1, 0.15) is 11.9 Å². The molecule has 1 aliphatic carbocycles. The second-order valence-corrected chi connectivity index (χ2v) is 5.43. The summed E-state index contributed by atoms with van der Waals surface area (Å²) < 4.78 is 7.05. The zero-order valence-corrected chi connectivity index (χ0v) is 10.0. The van der Waals surface area contributed by atoms with Crippen molar-refractivity contribution in [3.8, 4) is 5.75 Å². The van der Waals surface area contributed by atoms with Crippen LogP contribution in [0.4, 0.5) is 0 Å². The summed E-state index contributed by atoms with van der Waals surface area (Å²) in [7, 11) is 0. The SMILES string of the molecule is N[C@H]1CC(C2CC2)Oc2ccc(Br)cc21. The molecule has 1 unspecified atom stereocenters. The highest BCUT2D eigenvalue weighted by atomic mass is 79.9. The summed E-state index contributed by atoms with van der Waals surface area (Å²) in [6, 6.07) is 6.24. The maximum Gasteiger partial charge on any atom is 0.124 e. The van der Waals surface area contributed by atoms with Gasteiger partial charge in [0.2, 0.25) is 0 Å². The molecule has 1 aliphatic heterocycles. The van der Waals surface area contributed by atoms with Crippen molar-refractivity contribution < 1.29 is 4.74 Å². The molecule has 80 valence electrons. The van der Waals surface area contributed by atoms with Gasteiger partial charge < -0.3 is 10.5 Å². The molecule has 1 fully saturated rings. The van der Waals surface area contributed by atoms with Gasteiger partial charge in [0, 0.05) is 22.5 Å². The Morgan fingerprint density at radius 3 is 2.87 bits per heavy atom. The van der Waals surface area contributed by atoms with Gasteiger partial charge in [-0.1, -0.05) is 15.9 Å². The third-order valence-electron chi connectivity index (χ3n) is 3.28. The van der Waals surface area contributed by atoms with Crippen molar-refractivity contribution in [2.75, 3.05) is 0 Å². The number of rotatable bonds is 1. The summed E-state index contributed by atoms with van der Waals surface area (Å²) >= 11 is 3.46. The number of nitrogens with two attached hydrogens (primary N) is 1. The van der Waals surface area contributed by atoms with Crippen LogP contribution in [0.25, 0.3) is 0 Å². The number of fused-ring (bicyclic) bond motifs is 1. The highest BCUT2D eigenvalue weighted by Crippen LogP contribution is 2.43. The van der Waals surface area contributed by atoms with Crippen molar-refractivity contribution in [1.82, 2.24) is 0 Å². The number of hydrogen-bond acceptors (Lipinski definition) is 2. The summed E-state index contributed by atoms with van der Waals surface area (Å²) in [4.78, 5) is 0. The van der Waals surface area contributed by atoms with E-state index in [1.807, 2.05) is 12.1 Å². The Labute approximate surface area is 97.9 Å². The molecule has 0 saturated heterocycles. The molecule has 0 amide bonds. The van der Waals surface area contributed by atoms with Gasteiger partial charge in [0.05, 0.1) is 0 Å². The average Bonchev–Trinajstić information content (AvgIpc) is 3.02. The van der Waals surface area contributed by atoms with Gasteiger partial charge in [-0.15, -0.1) is 0 Å². The first kappa shape index (κ1) is 9.67. The Bertz CT molecular complexity index is 389. The second-order valence-electron chi connectivity index (χ2n) is 4.52. The topological polar surface area (TPSA) is 35.2 Å². The first-order chi connectivity index (χ1) is 7.24. The molecule has 2 nitrogen and oxygen atoms in total. The lowest BCUT2D eigenvalue weighted by Crippen LogP contribution is -2.30. The van der Waals surface area contributed by atoms with Gasteiger partial charge in [0.25, 0.3) is 0 Å². The van der Waals surface area contributed by atoms with E-state index in [1.54, 1.807) is 0 Å². The zero-order chi connectivity index (χ0) is 10.4. The first-order valence-corrected chi connectivity index (χ1v) is 6.25. The molecule has 1 aromatic carbocycles. The van der Waals surface area contributed by atoms with E-state index in [4.69, 9.17) is 10.5 Å².